The van der Waals surface area contributed by atoms with E-state index in [1.54, 1.807) is 29.3 Å². The molecule has 9 heteroatoms. The first-order chi connectivity index (χ1) is 18.1. The van der Waals surface area contributed by atoms with Crippen LogP contribution in [-0.4, -0.2) is 38.7 Å². The highest BCUT2D eigenvalue weighted by Crippen LogP contribution is 2.48. The Balaban J connectivity index is 1.53. The predicted molar refractivity (Wildman–Crippen MR) is 138 cm³/mol. The van der Waals surface area contributed by atoms with Gasteiger partial charge in [-0.1, -0.05) is 24.3 Å². The molecule has 2 aromatic carbocycles. The van der Waals surface area contributed by atoms with Gasteiger partial charge in [0.2, 0.25) is 5.88 Å². The number of nitrogens with zero attached hydrogens (tertiary/aromatic N) is 6. The molecule has 0 saturated carbocycles. The lowest BCUT2D eigenvalue weighted by molar-refractivity contribution is 0.422. The zero-order chi connectivity index (χ0) is 25.1. The standard InChI is InChI=1S/C28H20N6O3/c1-33(2)18-11-9-16(10-12-18)21-22-24(19-7-3-4-8-20(19)36-28(22)35)37-27-23(21)26-31-25(32-34(26)15-30-27)17-6-5-13-29-14-17/h3-15,21H,1-2H3. The molecule has 7 rings (SSSR count). The average molecular weight is 489 g/mol. The van der Waals surface area contributed by atoms with E-state index < -0.39 is 11.5 Å². The summed E-state index contributed by atoms with van der Waals surface area (Å²) in [5.74, 6) is 0.798. The Bertz CT molecular complexity index is 1860. The Kier molecular flexibility index (Phi) is 4.59. The molecule has 4 aromatic heterocycles. The van der Waals surface area contributed by atoms with Gasteiger partial charge in [-0.15, -0.1) is 5.10 Å². The lowest BCUT2D eigenvalue weighted by atomic mass is 9.84. The SMILES string of the molecule is CN(C)c1ccc(C2c3c(c4ccccc4oc3=O)Oc3ncn4nc(-c5cccnc5)nc4c32)cc1. The monoisotopic (exact) mass is 488 g/mol. The molecule has 5 heterocycles. The third-order valence-corrected chi connectivity index (χ3v) is 6.62. The van der Waals surface area contributed by atoms with Gasteiger partial charge in [-0.05, 0) is 42.0 Å². The molecule has 0 saturated heterocycles. The second kappa shape index (κ2) is 7.99. The molecule has 180 valence electrons. The number of para-hydroxylation sites is 1. The molecular formula is C28H20N6O3. The van der Waals surface area contributed by atoms with Crippen LogP contribution in [0.3, 0.4) is 0 Å². The molecule has 0 amide bonds. The lowest BCUT2D eigenvalue weighted by Crippen LogP contribution is -2.22. The van der Waals surface area contributed by atoms with Crippen LogP contribution >= 0.6 is 0 Å². The van der Waals surface area contributed by atoms with Crippen molar-refractivity contribution in [2.45, 2.75) is 5.92 Å². The van der Waals surface area contributed by atoms with Gasteiger partial charge in [0, 0.05) is 37.7 Å². The Hall–Kier alpha value is -5.05. The largest absolute Gasteiger partial charge is 0.437 e. The van der Waals surface area contributed by atoms with Crippen LogP contribution < -0.4 is 15.3 Å². The van der Waals surface area contributed by atoms with Crippen molar-refractivity contribution in [3.63, 3.8) is 0 Å². The second-order valence-corrected chi connectivity index (χ2v) is 9.06. The molecule has 0 aliphatic carbocycles. The average Bonchev–Trinajstić information content (AvgIpc) is 3.37. The second-order valence-electron chi connectivity index (χ2n) is 9.06. The van der Waals surface area contributed by atoms with E-state index in [0.29, 0.717) is 45.2 Å². The van der Waals surface area contributed by atoms with Crippen molar-refractivity contribution in [2.24, 2.45) is 0 Å². The first-order valence-corrected chi connectivity index (χ1v) is 11.7. The first-order valence-electron chi connectivity index (χ1n) is 11.7. The Morgan fingerprint density at radius 2 is 1.81 bits per heavy atom. The maximum absolute atomic E-state index is 13.5. The van der Waals surface area contributed by atoms with Crippen LogP contribution in [0.2, 0.25) is 0 Å². The number of hydrogen-bond acceptors (Lipinski definition) is 8. The number of anilines is 1. The molecule has 9 nitrogen and oxygen atoms in total. The minimum atomic E-state index is -0.530. The van der Waals surface area contributed by atoms with Crippen molar-refractivity contribution in [3.05, 3.63) is 106 Å². The van der Waals surface area contributed by atoms with Crippen molar-refractivity contribution < 1.29 is 9.15 Å². The first kappa shape index (κ1) is 21.3. The third-order valence-electron chi connectivity index (χ3n) is 6.62. The van der Waals surface area contributed by atoms with E-state index >= 15 is 0 Å². The molecule has 1 unspecified atom stereocenters. The smallest absolute Gasteiger partial charge is 0.344 e. The lowest BCUT2D eigenvalue weighted by Gasteiger charge is -2.27. The summed E-state index contributed by atoms with van der Waals surface area (Å²) in [5, 5.41) is 5.33. The minimum Gasteiger partial charge on any atom is -0.437 e. The number of ether oxygens (including phenoxy) is 1. The molecule has 0 spiro atoms. The topological polar surface area (TPSA) is 98.7 Å². The molecule has 0 radical (unpaired) electrons. The summed E-state index contributed by atoms with van der Waals surface area (Å²) < 4.78 is 13.7. The third kappa shape index (κ3) is 3.28. The van der Waals surface area contributed by atoms with E-state index in [1.807, 2.05) is 73.6 Å². The molecule has 37 heavy (non-hydrogen) atoms. The van der Waals surface area contributed by atoms with Gasteiger partial charge in [-0.25, -0.2) is 19.3 Å². The molecule has 1 aliphatic rings. The van der Waals surface area contributed by atoms with Gasteiger partial charge in [0.25, 0.3) is 0 Å². The highest BCUT2D eigenvalue weighted by molar-refractivity contribution is 5.87. The van der Waals surface area contributed by atoms with Gasteiger partial charge in [0.05, 0.1) is 22.4 Å². The van der Waals surface area contributed by atoms with E-state index in [0.717, 1.165) is 16.8 Å². The van der Waals surface area contributed by atoms with E-state index in [9.17, 15) is 4.79 Å². The van der Waals surface area contributed by atoms with Crippen LogP contribution in [0.25, 0.3) is 28.0 Å². The van der Waals surface area contributed by atoms with Crippen LogP contribution in [0.4, 0.5) is 5.69 Å². The zero-order valence-electron chi connectivity index (χ0n) is 20.0. The summed E-state index contributed by atoms with van der Waals surface area (Å²) in [4.78, 5) is 29.1. The quantitative estimate of drug-likeness (QED) is 0.332. The minimum absolute atomic E-state index is 0.377. The van der Waals surface area contributed by atoms with Crippen LogP contribution in [0.5, 0.6) is 11.6 Å². The van der Waals surface area contributed by atoms with Crippen LogP contribution in [-0.2, 0) is 0 Å². The summed E-state index contributed by atoms with van der Waals surface area (Å²) in [5.41, 5.74) is 4.30. The molecule has 0 fully saturated rings. The van der Waals surface area contributed by atoms with E-state index in [-0.39, 0.29) is 0 Å². The highest BCUT2D eigenvalue weighted by atomic mass is 16.5. The predicted octanol–water partition coefficient (Wildman–Crippen LogP) is 4.64. The fraction of sp³-hybridized carbons (Fsp3) is 0.107. The summed E-state index contributed by atoms with van der Waals surface area (Å²) in [6, 6.07) is 19.1. The number of benzene rings is 2. The molecule has 1 aliphatic heterocycles. The molecule has 1 atom stereocenters. The Morgan fingerprint density at radius 1 is 0.973 bits per heavy atom. The van der Waals surface area contributed by atoms with Gasteiger partial charge in [0.15, 0.2) is 17.2 Å². The van der Waals surface area contributed by atoms with E-state index in [2.05, 4.69) is 15.1 Å². The van der Waals surface area contributed by atoms with Crippen molar-refractivity contribution in [1.29, 1.82) is 0 Å². The van der Waals surface area contributed by atoms with Gasteiger partial charge >= 0.3 is 5.63 Å². The normalized spacial score (nSPS) is 14.3. The summed E-state index contributed by atoms with van der Waals surface area (Å²) in [7, 11) is 3.97. The Morgan fingerprint density at radius 3 is 2.59 bits per heavy atom. The fourth-order valence-electron chi connectivity index (χ4n) is 4.85. The van der Waals surface area contributed by atoms with Crippen LogP contribution in [0, 0.1) is 0 Å². The molecule has 0 N–H and O–H groups in total. The molecule has 6 aromatic rings. The summed E-state index contributed by atoms with van der Waals surface area (Å²) >= 11 is 0. The zero-order valence-corrected chi connectivity index (χ0v) is 20.0. The maximum atomic E-state index is 13.5. The molecule has 0 bridgehead atoms. The van der Waals surface area contributed by atoms with Gasteiger partial charge in [-0.3, -0.25) is 4.98 Å². The van der Waals surface area contributed by atoms with Crippen molar-refractivity contribution >= 4 is 22.3 Å². The summed E-state index contributed by atoms with van der Waals surface area (Å²) in [6.45, 7) is 0. The van der Waals surface area contributed by atoms with Crippen LogP contribution in [0.1, 0.15) is 22.6 Å². The molecular weight excluding hydrogens is 468 g/mol. The van der Waals surface area contributed by atoms with Gasteiger partial charge in [-0.2, -0.15) is 0 Å². The van der Waals surface area contributed by atoms with Crippen molar-refractivity contribution in [1.82, 2.24) is 24.6 Å². The van der Waals surface area contributed by atoms with Gasteiger partial charge in [0.1, 0.15) is 11.9 Å². The maximum Gasteiger partial charge on any atom is 0.344 e. The highest BCUT2D eigenvalue weighted by Gasteiger charge is 2.37. The van der Waals surface area contributed by atoms with Crippen molar-refractivity contribution in [3.8, 4) is 23.0 Å². The van der Waals surface area contributed by atoms with Gasteiger partial charge < -0.3 is 14.1 Å². The van der Waals surface area contributed by atoms with E-state index in [4.69, 9.17) is 14.1 Å². The number of pyridine rings is 1. The number of rotatable bonds is 3. The van der Waals surface area contributed by atoms with Crippen LogP contribution in [0.15, 0.2) is 88.6 Å². The number of fused-ring (bicyclic) bond motifs is 6. The van der Waals surface area contributed by atoms with E-state index in [1.165, 1.54) is 0 Å². The summed E-state index contributed by atoms with van der Waals surface area (Å²) in [6.07, 6.45) is 4.98. The number of hydrogen-bond donors (Lipinski definition) is 0. The van der Waals surface area contributed by atoms with Crippen molar-refractivity contribution in [2.75, 3.05) is 19.0 Å². The fourth-order valence-corrected chi connectivity index (χ4v) is 4.85. The Labute approximate surface area is 210 Å². The number of aromatic nitrogens is 5.